The molecular formula is C26H32BrN5O2S. The van der Waals surface area contributed by atoms with Gasteiger partial charge in [-0.25, -0.2) is 4.79 Å². The summed E-state index contributed by atoms with van der Waals surface area (Å²) in [6.45, 7) is 9.54. The van der Waals surface area contributed by atoms with E-state index in [0.717, 1.165) is 16.0 Å². The molecule has 1 heterocycles. The Labute approximate surface area is 220 Å². The molecule has 0 radical (unpaired) electrons. The van der Waals surface area contributed by atoms with Crippen LogP contribution in [0.3, 0.4) is 0 Å². The van der Waals surface area contributed by atoms with Crippen molar-refractivity contribution in [1.29, 1.82) is 0 Å². The van der Waals surface area contributed by atoms with Crippen molar-refractivity contribution in [3.8, 4) is 0 Å². The number of benzene rings is 1. The third-order valence-electron chi connectivity index (χ3n) is 4.55. The van der Waals surface area contributed by atoms with Crippen LogP contribution < -0.4 is 0 Å². The summed E-state index contributed by atoms with van der Waals surface area (Å²) in [5.41, 5.74) is 1.80. The summed E-state index contributed by atoms with van der Waals surface area (Å²) in [4.78, 5) is 24.8. The Morgan fingerprint density at radius 1 is 1.26 bits per heavy atom. The van der Waals surface area contributed by atoms with Crippen LogP contribution in [-0.2, 0) is 11.3 Å². The summed E-state index contributed by atoms with van der Waals surface area (Å²) in [7, 11) is 3.48. The quantitative estimate of drug-likeness (QED) is 0.205. The highest BCUT2D eigenvalue weighted by molar-refractivity contribution is 9.12. The van der Waals surface area contributed by atoms with E-state index in [-0.39, 0.29) is 6.54 Å². The largest absolute Gasteiger partial charge is 0.443 e. The van der Waals surface area contributed by atoms with E-state index in [9.17, 15) is 4.79 Å². The first kappa shape index (κ1) is 28.3. The average Bonchev–Trinajstić information content (AvgIpc) is 2.81. The fourth-order valence-electron chi connectivity index (χ4n) is 3.03. The minimum Gasteiger partial charge on any atom is -0.443 e. The van der Waals surface area contributed by atoms with Gasteiger partial charge in [0.1, 0.15) is 11.4 Å². The standard InChI is InChI=1S/C26H32BrN5O2S/c1-19(27)16-30-31(6)24(15-22(28-5)21-12-8-9-13-23(21)35-7)32(25(33)34-26(2,3)4)18-20-11-10-14-29-17-20/h8-17H,1,18H2,2-7H3/b24-15+,28-22?,30-16-. The van der Waals surface area contributed by atoms with Gasteiger partial charge >= 0.3 is 6.09 Å². The van der Waals surface area contributed by atoms with E-state index in [1.165, 1.54) is 4.90 Å². The molecule has 186 valence electrons. The minimum absolute atomic E-state index is 0.227. The smallest absolute Gasteiger partial charge is 0.416 e. The zero-order valence-corrected chi connectivity index (χ0v) is 23.4. The fourth-order valence-corrected chi connectivity index (χ4v) is 3.72. The van der Waals surface area contributed by atoms with Crippen LogP contribution in [0.1, 0.15) is 31.9 Å². The predicted octanol–water partition coefficient (Wildman–Crippen LogP) is 6.33. The van der Waals surface area contributed by atoms with E-state index in [2.05, 4.69) is 37.6 Å². The number of carbonyl (C=O) groups is 1. The first-order valence-corrected chi connectivity index (χ1v) is 12.9. The summed E-state index contributed by atoms with van der Waals surface area (Å²) in [5.74, 6) is 0.476. The summed E-state index contributed by atoms with van der Waals surface area (Å²) >= 11 is 4.93. The number of rotatable bonds is 9. The van der Waals surface area contributed by atoms with E-state index < -0.39 is 11.7 Å². The molecule has 0 atom stereocenters. The molecule has 7 nitrogen and oxygen atoms in total. The number of hydrogen-bond acceptors (Lipinski definition) is 7. The number of nitrogens with zero attached hydrogens (tertiary/aromatic N) is 5. The zero-order valence-electron chi connectivity index (χ0n) is 21.0. The van der Waals surface area contributed by atoms with Gasteiger partial charge in [0, 0.05) is 47.5 Å². The number of thioether (sulfide) groups is 1. The van der Waals surface area contributed by atoms with Gasteiger partial charge in [0.15, 0.2) is 0 Å². The van der Waals surface area contributed by atoms with Crippen molar-refractivity contribution in [3.05, 3.63) is 82.9 Å². The topological polar surface area (TPSA) is 70.4 Å². The lowest BCUT2D eigenvalue weighted by atomic mass is 10.1. The number of carbonyl (C=O) groups excluding carboxylic acids is 1. The van der Waals surface area contributed by atoms with Gasteiger partial charge in [0.05, 0.1) is 18.5 Å². The van der Waals surface area contributed by atoms with Gasteiger partial charge in [-0.05, 0) is 60.7 Å². The Hall–Kier alpha value is -2.91. The molecule has 0 bridgehead atoms. The molecule has 1 aromatic heterocycles. The Kier molecular flexibility index (Phi) is 10.7. The molecule has 35 heavy (non-hydrogen) atoms. The van der Waals surface area contributed by atoms with Crippen LogP contribution in [0.25, 0.3) is 0 Å². The normalized spacial score (nSPS) is 12.5. The summed E-state index contributed by atoms with van der Waals surface area (Å²) in [5, 5.41) is 6.05. The summed E-state index contributed by atoms with van der Waals surface area (Å²) < 4.78 is 6.37. The van der Waals surface area contributed by atoms with E-state index in [1.807, 2.05) is 69.5 Å². The third-order valence-corrected chi connectivity index (χ3v) is 5.55. The van der Waals surface area contributed by atoms with Crippen molar-refractivity contribution in [2.45, 2.75) is 37.8 Å². The van der Waals surface area contributed by atoms with Gasteiger partial charge in [0.25, 0.3) is 0 Å². The van der Waals surface area contributed by atoms with Crippen molar-refractivity contribution >= 4 is 45.7 Å². The van der Waals surface area contributed by atoms with E-state index in [1.54, 1.807) is 49.5 Å². The predicted molar refractivity (Wildman–Crippen MR) is 149 cm³/mol. The van der Waals surface area contributed by atoms with Gasteiger partial charge in [-0.3, -0.25) is 19.9 Å². The Morgan fingerprint density at radius 3 is 2.54 bits per heavy atom. The number of amides is 1. The van der Waals surface area contributed by atoms with Crippen molar-refractivity contribution in [3.63, 3.8) is 0 Å². The number of ether oxygens (including phenoxy) is 1. The lowest BCUT2D eigenvalue weighted by molar-refractivity contribution is 0.0247. The molecule has 0 unspecified atom stereocenters. The molecule has 0 N–H and O–H groups in total. The number of halogens is 1. The van der Waals surface area contributed by atoms with Crippen molar-refractivity contribution < 1.29 is 9.53 Å². The summed E-state index contributed by atoms with van der Waals surface area (Å²) in [6.07, 6.45) is 8.31. The molecular weight excluding hydrogens is 526 g/mol. The van der Waals surface area contributed by atoms with Crippen LogP contribution in [-0.4, -0.2) is 58.9 Å². The Balaban J connectivity index is 2.68. The average molecular weight is 559 g/mol. The fraction of sp³-hybridized carbons (Fsp3) is 0.308. The molecule has 0 spiro atoms. The van der Waals surface area contributed by atoms with Gasteiger partial charge in [-0.1, -0.05) is 30.8 Å². The molecule has 0 aliphatic carbocycles. The molecule has 1 aromatic carbocycles. The van der Waals surface area contributed by atoms with Crippen LogP contribution in [0.5, 0.6) is 0 Å². The van der Waals surface area contributed by atoms with Gasteiger partial charge in [-0.15, -0.1) is 11.8 Å². The van der Waals surface area contributed by atoms with Gasteiger partial charge < -0.3 is 4.74 Å². The number of pyridine rings is 1. The molecule has 0 saturated carbocycles. The lowest BCUT2D eigenvalue weighted by Gasteiger charge is -2.32. The highest BCUT2D eigenvalue weighted by Crippen LogP contribution is 2.24. The maximum atomic E-state index is 13.5. The monoisotopic (exact) mass is 557 g/mol. The second-order valence-electron chi connectivity index (χ2n) is 8.45. The zero-order chi connectivity index (χ0) is 26.0. The molecule has 9 heteroatoms. The van der Waals surface area contributed by atoms with Crippen LogP contribution in [0, 0.1) is 0 Å². The van der Waals surface area contributed by atoms with Crippen molar-refractivity contribution in [2.75, 3.05) is 20.4 Å². The van der Waals surface area contributed by atoms with Crippen molar-refractivity contribution in [1.82, 2.24) is 14.9 Å². The van der Waals surface area contributed by atoms with E-state index >= 15 is 0 Å². The molecule has 2 rings (SSSR count). The minimum atomic E-state index is -0.686. The number of hydrogen-bond donors (Lipinski definition) is 0. The van der Waals surface area contributed by atoms with Gasteiger partial charge in [0.2, 0.25) is 0 Å². The van der Waals surface area contributed by atoms with Crippen LogP contribution in [0.15, 0.2) is 86.7 Å². The van der Waals surface area contributed by atoms with Crippen LogP contribution >= 0.6 is 27.7 Å². The lowest BCUT2D eigenvalue weighted by Crippen LogP contribution is -2.40. The van der Waals surface area contributed by atoms with Crippen LogP contribution in [0.2, 0.25) is 0 Å². The molecule has 0 saturated heterocycles. The van der Waals surface area contributed by atoms with E-state index in [4.69, 9.17) is 4.74 Å². The van der Waals surface area contributed by atoms with Crippen LogP contribution in [0.4, 0.5) is 4.79 Å². The molecule has 0 aliphatic heterocycles. The first-order valence-electron chi connectivity index (χ1n) is 10.9. The molecule has 1 amide bonds. The molecule has 2 aromatic rings. The maximum Gasteiger partial charge on any atom is 0.416 e. The van der Waals surface area contributed by atoms with E-state index in [0.29, 0.717) is 16.0 Å². The third kappa shape index (κ3) is 8.99. The second-order valence-corrected chi connectivity index (χ2v) is 10.3. The second kappa shape index (κ2) is 13.3. The number of aromatic nitrogens is 1. The Morgan fingerprint density at radius 2 is 1.97 bits per heavy atom. The number of hydrazone groups is 1. The first-order chi connectivity index (χ1) is 16.6. The molecule has 0 aliphatic rings. The SMILES string of the molecule is C=C(Br)/C=N\N(C)/C(=C\C(=NC)c1ccccc1SC)N(Cc1cccnc1)C(=O)OC(C)(C)C. The van der Waals surface area contributed by atoms with Gasteiger partial charge in [-0.2, -0.15) is 5.10 Å². The maximum absolute atomic E-state index is 13.5. The summed E-state index contributed by atoms with van der Waals surface area (Å²) in [6, 6.07) is 11.7. The highest BCUT2D eigenvalue weighted by atomic mass is 79.9. The number of aliphatic imine (C=N–C) groups is 1. The Bertz CT molecular complexity index is 1110. The molecule has 0 fully saturated rings. The number of allylic oxidation sites excluding steroid dienone is 2. The highest BCUT2D eigenvalue weighted by Gasteiger charge is 2.28. The van der Waals surface area contributed by atoms with Crippen molar-refractivity contribution in [2.24, 2.45) is 10.1 Å².